The van der Waals surface area contributed by atoms with Crippen LogP contribution in [0, 0.1) is 5.92 Å². The predicted molar refractivity (Wildman–Crippen MR) is 99.0 cm³/mol. The van der Waals surface area contributed by atoms with Gasteiger partial charge >= 0.3 is 0 Å². The molecule has 1 aromatic carbocycles. The smallest absolute Gasteiger partial charge is 0.253 e. The molecule has 1 fully saturated rings. The summed E-state index contributed by atoms with van der Waals surface area (Å²) >= 11 is 0. The minimum Gasteiger partial charge on any atom is -0.494 e. The number of aliphatic hydroxyl groups is 1. The second kappa shape index (κ2) is 8.78. The van der Waals surface area contributed by atoms with Crippen molar-refractivity contribution in [2.24, 2.45) is 5.92 Å². The van der Waals surface area contributed by atoms with Crippen molar-refractivity contribution in [3.05, 3.63) is 59.9 Å². The van der Waals surface area contributed by atoms with E-state index in [1.807, 2.05) is 25.1 Å². The second-order valence-corrected chi connectivity index (χ2v) is 6.50. The first-order valence-corrected chi connectivity index (χ1v) is 8.96. The molecule has 1 aliphatic heterocycles. The molecule has 1 amide bonds. The van der Waals surface area contributed by atoms with Crippen molar-refractivity contribution >= 4 is 5.91 Å². The Bertz CT molecular complexity index is 723. The lowest BCUT2D eigenvalue weighted by atomic mass is 10.0. The molecular formula is C20H25N3O3. The Balaban J connectivity index is 1.65. The van der Waals surface area contributed by atoms with Crippen molar-refractivity contribution in [2.75, 3.05) is 26.3 Å². The maximum Gasteiger partial charge on any atom is 0.253 e. The number of ether oxygens (including phenoxy) is 1. The third-order valence-electron chi connectivity index (χ3n) is 4.66. The number of likely N-dealkylation sites (tertiary alicyclic amines) is 1. The Morgan fingerprint density at radius 1 is 1.31 bits per heavy atom. The molecule has 1 aliphatic rings. The van der Waals surface area contributed by atoms with Gasteiger partial charge in [0.1, 0.15) is 5.75 Å². The third-order valence-corrected chi connectivity index (χ3v) is 4.66. The average molecular weight is 355 g/mol. The molecule has 2 aromatic rings. The highest BCUT2D eigenvalue weighted by atomic mass is 16.5. The molecule has 26 heavy (non-hydrogen) atoms. The number of para-hydroxylation sites is 1. The zero-order valence-electron chi connectivity index (χ0n) is 15.0. The minimum absolute atomic E-state index is 0.00915. The van der Waals surface area contributed by atoms with E-state index in [9.17, 15) is 9.90 Å². The number of carbonyl (C=O) groups is 1. The summed E-state index contributed by atoms with van der Waals surface area (Å²) in [6, 6.07) is 11.4. The van der Waals surface area contributed by atoms with Crippen LogP contribution >= 0.6 is 0 Å². The second-order valence-electron chi connectivity index (χ2n) is 6.50. The van der Waals surface area contributed by atoms with Crippen LogP contribution in [-0.2, 0) is 6.54 Å². The Morgan fingerprint density at radius 3 is 2.88 bits per heavy atom. The highest BCUT2D eigenvalue weighted by Gasteiger charge is 2.33. The maximum absolute atomic E-state index is 12.4. The molecule has 0 unspecified atom stereocenters. The molecule has 1 saturated heterocycles. The molecule has 2 atom stereocenters. The summed E-state index contributed by atoms with van der Waals surface area (Å²) in [5.74, 6) is 0.742. The van der Waals surface area contributed by atoms with Crippen LogP contribution in [0.4, 0.5) is 0 Å². The van der Waals surface area contributed by atoms with Gasteiger partial charge in [0.15, 0.2) is 0 Å². The van der Waals surface area contributed by atoms with Gasteiger partial charge in [-0.1, -0.05) is 18.2 Å². The first-order chi connectivity index (χ1) is 12.7. The van der Waals surface area contributed by atoms with Crippen LogP contribution in [0.1, 0.15) is 22.8 Å². The third kappa shape index (κ3) is 4.39. The first kappa shape index (κ1) is 18.4. The highest BCUT2D eigenvalue weighted by molar-refractivity contribution is 5.94. The van der Waals surface area contributed by atoms with Crippen LogP contribution in [0.25, 0.3) is 0 Å². The maximum atomic E-state index is 12.4. The Kier molecular flexibility index (Phi) is 6.20. The molecule has 2 N–H and O–H groups in total. The molecule has 3 rings (SSSR count). The van der Waals surface area contributed by atoms with Crippen molar-refractivity contribution in [1.82, 2.24) is 15.2 Å². The van der Waals surface area contributed by atoms with Gasteiger partial charge in [-0.3, -0.25) is 14.7 Å². The molecule has 6 nitrogen and oxygen atoms in total. The topological polar surface area (TPSA) is 74.7 Å². The highest BCUT2D eigenvalue weighted by Crippen LogP contribution is 2.24. The summed E-state index contributed by atoms with van der Waals surface area (Å²) < 4.78 is 5.70. The number of aromatic nitrogens is 1. The fraction of sp³-hybridized carbons (Fsp3) is 0.400. The van der Waals surface area contributed by atoms with E-state index in [1.165, 1.54) is 0 Å². The summed E-state index contributed by atoms with van der Waals surface area (Å²) in [4.78, 5) is 18.6. The average Bonchev–Trinajstić information content (AvgIpc) is 3.05. The molecule has 1 aromatic heterocycles. The molecule has 6 heteroatoms. The summed E-state index contributed by atoms with van der Waals surface area (Å²) in [5.41, 5.74) is 1.65. The molecule has 0 radical (unpaired) electrons. The van der Waals surface area contributed by atoms with Crippen LogP contribution in [0.5, 0.6) is 5.75 Å². The fourth-order valence-electron chi connectivity index (χ4n) is 3.36. The molecule has 0 aliphatic carbocycles. The van der Waals surface area contributed by atoms with E-state index < -0.39 is 0 Å². The van der Waals surface area contributed by atoms with Gasteiger partial charge in [0.2, 0.25) is 0 Å². The molecule has 0 bridgehead atoms. The monoisotopic (exact) mass is 355 g/mol. The summed E-state index contributed by atoms with van der Waals surface area (Å²) in [7, 11) is 0. The van der Waals surface area contributed by atoms with Crippen molar-refractivity contribution in [3.8, 4) is 5.75 Å². The zero-order valence-corrected chi connectivity index (χ0v) is 15.0. The van der Waals surface area contributed by atoms with Crippen LogP contribution < -0.4 is 10.1 Å². The van der Waals surface area contributed by atoms with Crippen molar-refractivity contribution < 1.29 is 14.6 Å². The Labute approximate surface area is 153 Å². The minimum atomic E-state index is -0.155. The van der Waals surface area contributed by atoms with Crippen molar-refractivity contribution in [3.63, 3.8) is 0 Å². The zero-order chi connectivity index (χ0) is 18.4. The van der Waals surface area contributed by atoms with E-state index >= 15 is 0 Å². The van der Waals surface area contributed by atoms with Crippen LogP contribution in [0.15, 0.2) is 48.8 Å². The van der Waals surface area contributed by atoms with Crippen molar-refractivity contribution in [2.45, 2.75) is 19.5 Å². The number of hydrogen-bond acceptors (Lipinski definition) is 5. The van der Waals surface area contributed by atoms with Crippen molar-refractivity contribution in [1.29, 1.82) is 0 Å². The van der Waals surface area contributed by atoms with E-state index in [1.54, 1.807) is 24.5 Å². The lowest BCUT2D eigenvalue weighted by Crippen LogP contribution is -2.41. The number of benzene rings is 1. The predicted octanol–water partition coefficient (Wildman–Crippen LogP) is 1.70. The van der Waals surface area contributed by atoms with Gasteiger partial charge < -0.3 is 15.2 Å². The van der Waals surface area contributed by atoms with E-state index in [4.69, 9.17) is 4.74 Å². The molecule has 138 valence electrons. The number of nitrogens with zero attached hydrogens (tertiary/aromatic N) is 2. The van der Waals surface area contributed by atoms with Gasteiger partial charge in [-0.25, -0.2) is 0 Å². The quantitative estimate of drug-likeness (QED) is 0.791. The van der Waals surface area contributed by atoms with E-state index in [-0.39, 0.29) is 24.5 Å². The SMILES string of the molecule is CCOc1ccccc1CN1C[C@@H](CO)[C@H](NC(=O)c2cccnc2)C1. The van der Waals surface area contributed by atoms with Gasteiger partial charge in [-0.15, -0.1) is 0 Å². The lowest BCUT2D eigenvalue weighted by molar-refractivity contribution is 0.0920. The molecule has 0 saturated carbocycles. The van der Waals surface area contributed by atoms with Crippen LogP contribution in [0.2, 0.25) is 0 Å². The van der Waals surface area contributed by atoms with Gasteiger partial charge in [-0.05, 0) is 25.1 Å². The van der Waals surface area contributed by atoms with Gasteiger partial charge in [0.25, 0.3) is 5.91 Å². The number of carbonyl (C=O) groups excluding carboxylic acids is 1. The van der Waals surface area contributed by atoms with Gasteiger partial charge in [-0.2, -0.15) is 0 Å². The van der Waals surface area contributed by atoms with E-state index in [2.05, 4.69) is 21.3 Å². The first-order valence-electron chi connectivity index (χ1n) is 8.96. The van der Waals surface area contributed by atoms with Gasteiger partial charge in [0.05, 0.1) is 12.2 Å². The summed E-state index contributed by atoms with van der Waals surface area (Å²) in [6.45, 7) is 4.79. The van der Waals surface area contributed by atoms with E-state index in [0.717, 1.165) is 24.4 Å². The number of hydrogen-bond donors (Lipinski definition) is 2. The standard InChI is InChI=1S/C20H25N3O3/c1-2-26-19-8-4-3-6-16(19)11-23-12-17(14-24)18(13-23)22-20(25)15-7-5-9-21-10-15/h3-10,17-18,24H,2,11-14H2,1H3,(H,22,25)/t17-,18+/m0/s1. The summed E-state index contributed by atoms with van der Waals surface area (Å²) in [6.07, 6.45) is 3.19. The molecular weight excluding hydrogens is 330 g/mol. The summed E-state index contributed by atoms with van der Waals surface area (Å²) in [5, 5.41) is 12.8. The number of aliphatic hydroxyl groups excluding tert-OH is 1. The van der Waals surface area contributed by atoms with Crippen LogP contribution in [0.3, 0.4) is 0 Å². The number of pyridine rings is 1. The largest absolute Gasteiger partial charge is 0.494 e. The van der Waals surface area contributed by atoms with Crippen LogP contribution in [-0.4, -0.2) is 53.2 Å². The van der Waals surface area contributed by atoms with Gasteiger partial charge in [0, 0.05) is 56.2 Å². The Morgan fingerprint density at radius 2 is 2.15 bits per heavy atom. The van der Waals surface area contributed by atoms with E-state index in [0.29, 0.717) is 18.7 Å². The number of rotatable bonds is 7. The number of nitrogens with one attached hydrogen (secondary N) is 1. The normalized spacial score (nSPS) is 20.1. The number of amides is 1. The molecule has 0 spiro atoms. The fourth-order valence-corrected chi connectivity index (χ4v) is 3.36. The lowest BCUT2D eigenvalue weighted by Gasteiger charge is -2.19. The Hall–Kier alpha value is -2.44. The molecule has 2 heterocycles.